The molecule has 0 saturated heterocycles. The maximum Gasteiger partial charge on any atom is 0.128 e. The quantitative estimate of drug-likeness (QED) is 0.894. The van der Waals surface area contributed by atoms with Crippen LogP contribution in [-0.2, 0) is 13.1 Å². The molecule has 0 atom stereocenters. The third-order valence-corrected chi connectivity index (χ3v) is 2.97. The zero-order valence-corrected chi connectivity index (χ0v) is 10.9. The number of benzene rings is 1. The molecule has 0 aliphatic rings. The Hall–Kier alpha value is -1.87. The van der Waals surface area contributed by atoms with Crippen LogP contribution in [0.3, 0.4) is 0 Å². The van der Waals surface area contributed by atoms with Gasteiger partial charge in [-0.15, -0.1) is 0 Å². The van der Waals surface area contributed by atoms with Gasteiger partial charge in [-0.05, 0) is 35.7 Å². The van der Waals surface area contributed by atoms with Gasteiger partial charge in [-0.2, -0.15) is 0 Å². The molecule has 1 heterocycles. The number of hydrogen-bond donors (Lipinski definition) is 1. The molecule has 2 rings (SSSR count). The fourth-order valence-electron chi connectivity index (χ4n) is 1.86. The number of pyridine rings is 1. The molecule has 2 N–H and O–H groups in total. The summed E-state index contributed by atoms with van der Waals surface area (Å²) in [6.07, 6.45) is 1.85. The molecule has 0 bridgehead atoms. The van der Waals surface area contributed by atoms with Crippen molar-refractivity contribution < 1.29 is 0 Å². The third-order valence-electron chi connectivity index (χ3n) is 2.97. The molecule has 1 aromatic carbocycles. The average Bonchev–Trinajstić information content (AvgIpc) is 2.39. The number of nitrogens with two attached hydrogens (primary N) is 1. The normalized spacial score (nSPS) is 10.4. The Balaban J connectivity index is 2.08. The number of rotatable bonds is 4. The lowest BCUT2D eigenvalue weighted by Crippen LogP contribution is -2.17. The van der Waals surface area contributed by atoms with E-state index in [-0.39, 0.29) is 0 Å². The van der Waals surface area contributed by atoms with E-state index in [1.807, 2.05) is 12.3 Å². The first-order valence-electron chi connectivity index (χ1n) is 6.10. The molecule has 1 aromatic heterocycles. The Morgan fingerprint density at radius 1 is 1.11 bits per heavy atom. The largest absolute Gasteiger partial charge is 0.355 e. The molecule has 3 heteroatoms. The Labute approximate surface area is 108 Å². The Bertz CT molecular complexity index is 505. The van der Waals surface area contributed by atoms with E-state index in [1.165, 1.54) is 11.1 Å². The van der Waals surface area contributed by atoms with Gasteiger partial charge in [0.15, 0.2) is 0 Å². The number of hydrogen-bond acceptors (Lipinski definition) is 3. The fourth-order valence-corrected chi connectivity index (χ4v) is 1.86. The Morgan fingerprint density at radius 2 is 1.78 bits per heavy atom. The Kier molecular flexibility index (Phi) is 3.95. The zero-order valence-electron chi connectivity index (χ0n) is 10.9. The molecule has 0 radical (unpaired) electrons. The molecule has 0 unspecified atom stereocenters. The topological polar surface area (TPSA) is 42.2 Å². The second-order valence-electron chi connectivity index (χ2n) is 4.57. The summed E-state index contributed by atoms with van der Waals surface area (Å²) in [5.41, 5.74) is 9.24. The average molecular weight is 241 g/mol. The highest BCUT2D eigenvalue weighted by molar-refractivity contribution is 5.40. The van der Waals surface area contributed by atoms with Crippen molar-refractivity contribution in [1.29, 1.82) is 0 Å². The highest BCUT2D eigenvalue weighted by atomic mass is 15.2. The number of nitrogens with zero attached hydrogens (tertiary/aromatic N) is 2. The van der Waals surface area contributed by atoms with Gasteiger partial charge >= 0.3 is 0 Å². The second kappa shape index (κ2) is 5.65. The minimum Gasteiger partial charge on any atom is -0.355 e. The molecule has 0 spiro atoms. The third kappa shape index (κ3) is 3.08. The molecule has 0 amide bonds. The van der Waals surface area contributed by atoms with Crippen molar-refractivity contribution in [2.75, 3.05) is 11.9 Å². The molecule has 18 heavy (non-hydrogen) atoms. The van der Waals surface area contributed by atoms with Crippen molar-refractivity contribution in [3.8, 4) is 0 Å². The smallest absolute Gasteiger partial charge is 0.128 e. The van der Waals surface area contributed by atoms with Crippen LogP contribution in [0.2, 0.25) is 0 Å². The van der Waals surface area contributed by atoms with Crippen LogP contribution in [0.15, 0.2) is 42.6 Å². The van der Waals surface area contributed by atoms with Crippen molar-refractivity contribution in [2.45, 2.75) is 20.0 Å². The lowest BCUT2D eigenvalue weighted by Gasteiger charge is -2.18. The molecule has 2 aromatic rings. The van der Waals surface area contributed by atoms with Gasteiger partial charge in [-0.25, -0.2) is 4.98 Å². The maximum absolute atomic E-state index is 5.59. The van der Waals surface area contributed by atoms with Crippen LogP contribution in [-0.4, -0.2) is 12.0 Å². The molecule has 0 aliphatic carbocycles. The van der Waals surface area contributed by atoms with Crippen molar-refractivity contribution >= 4 is 5.82 Å². The van der Waals surface area contributed by atoms with E-state index in [1.54, 1.807) is 0 Å². The van der Waals surface area contributed by atoms with E-state index in [2.05, 4.69) is 54.2 Å². The van der Waals surface area contributed by atoms with Crippen LogP contribution >= 0.6 is 0 Å². The fraction of sp³-hybridized carbons (Fsp3) is 0.267. The molecular formula is C15H19N3. The van der Waals surface area contributed by atoms with E-state index < -0.39 is 0 Å². The van der Waals surface area contributed by atoms with Gasteiger partial charge in [-0.1, -0.05) is 24.3 Å². The van der Waals surface area contributed by atoms with Crippen LogP contribution in [0.25, 0.3) is 0 Å². The summed E-state index contributed by atoms with van der Waals surface area (Å²) in [6, 6.07) is 12.5. The molecule has 0 aliphatic heterocycles. The Morgan fingerprint density at radius 3 is 2.39 bits per heavy atom. The molecule has 94 valence electrons. The van der Waals surface area contributed by atoms with Gasteiger partial charge in [0.05, 0.1) is 0 Å². The van der Waals surface area contributed by atoms with E-state index in [4.69, 9.17) is 5.73 Å². The summed E-state index contributed by atoms with van der Waals surface area (Å²) in [5.74, 6) is 0.998. The standard InChI is InChI=1S/C15H19N3/c1-12-7-8-17-15(9-12)18(2)11-14-5-3-13(10-16)4-6-14/h3-9H,10-11,16H2,1-2H3. The molecule has 0 saturated carbocycles. The van der Waals surface area contributed by atoms with Crippen LogP contribution in [0, 0.1) is 6.92 Å². The first-order chi connectivity index (χ1) is 8.69. The summed E-state index contributed by atoms with van der Waals surface area (Å²) >= 11 is 0. The van der Waals surface area contributed by atoms with Crippen molar-refractivity contribution in [1.82, 2.24) is 4.98 Å². The van der Waals surface area contributed by atoms with E-state index >= 15 is 0 Å². The number of aryl methyl sites for hydroxylation is 1. The van der Waals surface area contributed by atoms with Gasteiger partial charge in [0.25, 0.3) is 0 Å². The monoisotopic (exact) mass is 241 g/mol. The van der Waals surface area contributed by atoms with Crippen LogP contribution < -0.4 is 10.6 Å². The summed E-state index contributed by atoms with van der Waals surface area (Å²) in [5, 5.41) is 0. The van der Waals surface area contributed by atoms with Crippen LogP contribution in [0.5, 0.6) is 0 Å². The van der Waals surface area contributed by atoms with E-state index in [0.717, 1.165) is 17.9 Å². The lowest BCUT2D eigenvalue weighted by atomic mass is 10.1. The van der Waals surface area contributed by atoms with Gasteiger partial charge in [0, 0.05) is 26.3 Å². The highest BCUT2D eigenvalue weighted by Gasteiger charge is 2.03. The zero-order chi connectivity index (χ0) is 13.0. The molecule has 3 nitrogen and oxygen atoms in total. The van der Waals surface area contributed by atoms with Crippen molar-refractivity contribution in [2.24, 2.45) is 5.73 Å². The minimum atomic E-state index is 0.593. The molecular weight excluding hydrogens is 222 g/mol. The van der Waals surface area contributed by atoms with Gasteiger partial charge in [0.1, 0.15) is 5.82 Å². The minimum absolute atomic E-state index is 0.593. The van der Waals surface area contributed by atoms with Crippen LogP contribution in [0.1, 0.15) is 16.7 Å². The summed E-state index contributed by atoms with van der Waals surface area (Å²) in [4.78, 5) is 6.52. The van der Waals surface area contributed by atoms with Crippen molar-refractivity contribution in [3.63, 3.8) is 0 Å². The van der Waals surface area contributed by atoms with Crippen LogP contribution in [0.4, 0.5) is 5.82 Å². The van der Waals surface area contributed by atoms with Crippen molar-refractivity contribution in [3.05, 3.63) is 59.3 Å². The van der Waals surface area contributed by atoms with E-state index in [9.17, 15) is 0 Å². The van der Waals surface area contributed by atoms with Gasteiger partial charge in [0.2, 0.25) is 0 Å². The predicted molar refractivity (Wildman–Crippen MR) is 75.4 cm³/mol. The summed E-state index contributed by atoms with van der Waals surface area (Å²) < 4.78 is 0. The second-order valence-corrected chi connectivity index (χ2v) is 4.57. The predicted octanol–water partition coefficient (Wildman–Crippen LogP) is 2.49. The van der Waals surface area contributed by atoms with Gasteiger partial charge < -0.3 is 10.6 Å². The van der Waals surface area contributed by atoms with E-state index in [0.29, 0.717) is 6.54 Å². The maximum atomic E-state index is 5.59. The number of anilines is 1. The summed E-state index contributed by atoms with van der Waals surface area (Å²) in [6.45, 7) is 3.52. The lowest BCUT2D eigenvalue weighted by molar-refractivity contribution is 0.894. The summed E-state index contributed by atoms with van der Waals surface area (Å²) in [7, 11) is 2.05. The SMILES string of the molecule is Cc1ccnc(N(C)Cc2ccc(CN)cc2)c1. The first kappa shape index (κ1) is 12.6. The highest BCUT2D eigenvalue weighted by Crippen LogP contribution is 2.14. The number of aromatic nitrogens is 1. The molecule has 0 fully saturated rings. The van der Waals surface area contributed by atoms with Gasteiger partial charge in [-0.3, -0.25) is 0 Å². The first-order valence-corrected chi connectivity index (χ1v) is 6.10.